The van der Waals surface area contributed by atoms with Crippen molar-refractivity contribution < 1.29 is 61.8 Å². The minimum atomic E-state index is -6.20. The van der Waals surface area contributed by atoms with Gasteiger partial charge in [-0.3, -0.25) is 3.63 Å². The summed E-state index contributed by atoms with van der Waals surface area (Å²) in [5, 5.41) is 20.7. The van der Waals surface area contributed by atoms with E-state index in [1.54, 1.807) is 0 Å². The van der Waals surface area contributed by atoms with E-state index in [0.717, 1.165) is 18.2 Å². The van der Waals surface area contributed by atoms with Crippen LogP contribution in [-0.2, 0) is 28.6 Å². The Hall–Kier alpha value is -3.89. The molecule has 0 fully saturated rings. The molecule has 16 heteroatoms. The molecule has 0 aliphatic heterocycles. The Morgan fingerprint density at radius 2 is 1.02 bits per heavy atom. The van der Waals surface area contributed by atoms with Crippen LogP contribution in [0.5, 0.6) is 11.5 Å². The first kappa shape index (κ1) is 32.0. The van der Waals surface area contributed by atoms with E-state index in [4.69, 9.17) is 0 Å². The van der Waals surface area contributed by atoms with Crippen LogP contribution in [0.2, 0.25) is 0 Å². The van der Waals surface area contributed by atoms with E-state index in [2.05, 4.69) is 3.63 Å². The second kappa shape index (κ2) is 11.0. The molecular formula is C27H18F9O5S2+. The molecule has 0 aliphatic rings. The Morgan fingerprint density at radius 3 is 1.40 bits per heavy atom. The van der Waals surface area contributed by atoms with Crippen molar-refractivity contribution in [2.24, 2.45) is 0 Å². The smallest absolute Gasteiger partial charge is 0.423 e. The van der Waals surface area contributed by atoms with Crippen LogP contribution in [0.1, 0.15) is 16.7 Å². The van der Waals surface area contributed by atoms with Gasteiger partial charge in [-0.05, 0) is 48.5 Å². The van der Waals surface area contributed by atoms with E-state index >= 15 is 0 Å². The van der Waals surface area contributed by atoms with Gasteiger partial charge in [0.2, 0.25) is 0 Å². The molecule has 0 aliphatic carbocycles. The molecule has 4 aromatic rings. The van der Waals surface area contributed by atoms with E-state index in [0.29, 0.717) is 0 Å². The van der Waals surface area contributed by atoms with Gasteiger partial charge in [-0.2, -0.15) is 39.5 Å². The van der Waals surface area contributed by atoms with Gasteiger partial charge < -0.3 is 10.2 Å². The van der Waals surface area contributed by atoms with Gasteiger partial charge in [-0.25, -0.2) is 0 Å². The molecule has 3 N–H and O–H groups in total. The van der Waals surface area contributed by atoms with Crippen molar-refractivity contribution in [1.82, 2.24) is 0 Å². The summed E-state index contributed by atoms with van der Waals surface area (Å²) in [5.41, 5.74) is -7.85. The van der Waals surface area contributed by atoms with Gasteiger partial charge in [0.15, 0.2) is 4.90 Å². The molecule has 0 unspecified atom stereocenters. The van der Waals surface area contributed by atoms with E-state index in [9.17, 15) is 58.1 Å². The largest absolute Gasteiger partial charge is 0.508 e. The molecule has 43 heavy (non-hydrogen) atoms. The molecule has 230 valence electrons. The monoisotopic (exact) mass is 657 g/mol. The van der Waals surface area contributed by atoms with E-state index in [-0.39, 0.29) is 9.79 Å². The minimum Gasteiger partial charge on any atom is -0.508 e. The normalized spacial score (nSPS) is 13.6. The molecular weight excluding hydrogens is 639 g/mol. The highest BCUT2D eigenvalue weighted by atomic mass is 32.3. The SMILES string of the molecule is O=S(=O)([OH+]S(c1ccccc1)(c1ccccc1)c1ccc(O)cc1O)c1c(C(F)(F)F)cc(C(F)(F)F)cc1C(F)(F)F. The molecule has 0 bridgehead atoms. The van der Waals surface area contributed by atoms with Crippen molar-refractivity contribution in [2.45, 2.75) is 38.1 Å². The van der Waals surface area contributed by atoms with E-state index < -0.39 is 89.1 Å². The summed E-state index contributed by atoms with van der Waals surface area (Å²) in [7, 11) is -10.1. The zero-order valence-electron chi connectivity index (χ0n) is 21.0. The van der Waals surface area contributed by atoms with Crippen LogP contribution < -0.4 is 0 Å². The maximum atomic E-state index is 14.1. The number of halogens is 9. The zero-order chi connectivity index (χ0) is 32.0. The number of hydrogen-bond acceptors (Lipinski definition) is 4. The van der Waals surface area contributed by atoms with Crippen LogP contribution in [0.3, 0.4) is 0 Å². The molecule has 4 rings (SSSR count). The molecule has 0 saturated heterocycles. The molecule has 5 nitrogen and oxygen atoms in total. The highest BCUT2D eigenvalue weighted by Crippen LogP contribution is 2.71. The lowest BCUT2D eigenvalue weighted by atomic mass is 10.0. The third-order valence-electron chi connectivity index (χ3n) is 5.92. The third kappa shape index (κ3) is 6.26. The van der Waals surface area contributed by atoms with Gasteiger partial charge in [0.05, 0.1) is 36.8 Å². The summed E-state index contributed by atoms with van der Waals surface area (Å²) < 4.78 is 156. The zero-order valence-corrected chi connectivity index (χ0v) is 22.7. The van der Waals surface area contributed by atoms with Gasteiger partial charge in [0.1, 0.15) is 16.4 Å². The molecule has 0 atom stereocenters. The molecule has 0 saturated carbocycles. The number of hydrogen-bond donors (Lipinski definition) is 2. The van der Waals surface area contributed by atoms with Gasteiger partial charge in [-0.1, -0.05) is 36.4 Å². The van der Waals surface area contributed by atoms with Crippen molar-refractivity contribution >= 4 is 20.4 Å². The first-order valence-electron chi connectivity index (χ1n) is 11.6. The molecule has 4 aromatic carbocycles. The second-order valence-electron chi connectivity index (χ2n) is 8.80. The number of rotatable bonds is 6. The van der Waals surface area contributed by atoms with Crippen molar-refractivity contribution in [2.75, 3.05) is 0 Å². The Bertz CT molecular complexity index is 1660. The average Bonchev–Trinajstić information content (AvgIpc) is 2.91. The summed E-state index contributed by atoms with van der Waals surface area (Å²) in [6, 6.07) is 14.7. The summed E-state index contributed by atoms with van der Waals surface area (Å²) in [4.78, 5) is -3.15. The quantitative estimate of drug-likeness (QED) is 0.123. The van der Waals surface area contributed by atoms with E-state index in [1.807, 2.05) is 0 Å². The number of aromatic hydroxyl groups is 2. The van der Waals surface area contributed by atoms with Crippen LogP contribution in [0.15, 0.2) is 111 Å². The highest BCUT2D eigenvalue weighted by Gasteiger charge is 2.53. The molecule has 0 heterocycles. The average molecular weight is 658 g/mol. The van der Waals surface area contributed by atoms with Crippen molar-refractivity contribution in [3.8, 4) is 11.5 Å². The summed E-state index contributed by atoms with van der Waals surface area (Å²) >= 11 is 0. The van der Waals surface area contributed by atoms with Gasteiger partial charge in [0.25, 0.3) is 0 Å². The van der Waals surface area contributed by atoms with Crippen LogP contribution in [-0.4, -0.2) is 22.3 Å². The maximum Gasteiger partial charge on any atom is 0.423 e. The van der Waals surface area contributed by atoms with Crippen molar-refractivity contribution in [1.29, 1.82) is 0 Å². The van der Waals surface area contributed by atoms with Gasteiger partial charge >= 0.3 is 28.6 Å². The predicted molar refractivity (Wildman–Crippen MR) is 136 cm³/mol. The topological polar surface area (TPSA) is 87.4 Å². The summed E-state index contributed by atoms with van der Waals surface area (Å²) in [6.45, 7) is 0. The van der Waals surface area contributed by atoms with Crippen molar-refractivity contribution in [3.63, 3.8) is 0 Å². The number of alkyl halides is 9. The lowest BCUT2D eigenvalue weighted by molar-refractivity contribution is -0.152. The second-order valence-corrected chi connectivity index (χ2v) is 13.3. The van der Waals surface area contributed by atoms with Crippen LogP contribution in [0.25, 0.3) is 0 Å². The predicted octanol–water partition coefficient (Wildman–Crippen LogP) is 8.83. The fourth-order valence-electron chi connectivity index (χ4n) is 4.18. The molecule has 0 spiro atoms. The van der Waals surface area contributed by atoms with Crippen LogP contribution in [0, 0.1) is 0 Å². The van der Waals surface area contributed by atoms with Gasteiger partial charge in [0, 0.05) is 6.07 Å². The number of phenolic OH excluding ortho intramolecular Hbond substituents is 2. The molecule has 0 amide bonds. The fraction of sp³-hybridized carbons (Fsp3) is 0.111. The first-order valence-corrected chi connectivity index (χ1v) is 14.7. The lowest BCUT2D eigenvalue weighted by Crippen LogP contribution is -2.26. The maximum absolute atomic E-state index is 14.1. The third-order valence-corrected chi connectivity index (χ3v) is 11.5. The Labute approximate surface area is 239 Å². The first-order chi connectivity index (χ1) is 19.8. The minimum absolute atomic E-state index is 0.0974. The molecule has 0 radical (unpaired) electrons. The van der Waals surface area contributed by atoms with E-state index in [1.165, 1.54) is 60.7 Å². The summed E-state index contributed by atoms with van der Waals surface area (Å²) in [5.74, 6) is -1.35. The lowest BCUT2D eigenvalue weighted by Gasteiger charge is -2.35. The van der Waals surface area contributed by atoms with Gasteiger partial charge in [-0.15, -0.1) is 8.42 Å². The Kier molecular flexibility index (Phi) is 8.19. The Morgan fingerprint density at radius 1 is 0.581 bits per heavy atom. The number of phenols is 2. The van der Waals surface area contributed by atoms with Crippen LogP contribution in [0.4, 0.5) is 39.5 Å². The standard InChI is InChI=1S/C27H17F9O5S2/c28-25(29,30)16-13-20(26(31,32)33)24(21(14-16)27(34,35)36)43(39,40)41-42(18-7-3-1-4-8-18,19-9-5-2-6-10-19)23-12-11-17(37)15-22(23)38/h1-15,37-38H/p+1. The van der Waals surface area contributed by atoms with Crippen LogP contribution >= 0.6 is 10.3 Å². The van der Waals surface area contributed by atoms with Crippen molar-refractivity contribution in [3.05, 3.63) is 108 Å². The molecule has 0 aromatic heterocycles. The fourth-order valence-corrected chi connectivity index (χ4v) is 10.1. The highest BCUT2D eigenvalue weighted by molar-refractivity contribution is 8.32. The Balaban J connectivity index is 2.17. The number of benzene rings is 4. The summed E-state index contributed by atoms with van der Waals surface area (Å²) in [6.07, 6.45) is -17.7.